The maximum absolute atomic E-state index is 10.2. The second-order valence-corrected chi connectivity index (χ2v) is 5.42. The Hall–Kier alpha value is -1.57. The van der Waals surface area contributed by atoms with E-state index in [0.29, 0.717) is 11.7 Å². The standard InChI is InChI=1S/C16H19NO/c1-11-7-8-14-13(9-11)10-15(18)16(17-14)12-5-3-2-4-6-12/h7-10,12,18H,2-6H2,1H3. The van der Waals surface area contributed by atoms with E-state index in [-0.39, 0.29) is 0 Å². The summed E-state index contributed by atoms with van der Waals surface area (Å²) in [5.41, 5.74) is 3.11. The van der Waals surface area contributed by atoms with Gasteiger partial charge >= 0.3 is 0 Å². The molecule has 0 amide bonds. The molecule has 0 aliphatic heterocycles. The Kier molecular flexibility index (Phi) is 2.94. The molecule has 0 saturated heterocycles. The minimum Gasteiger partial charge on any atom is -0.506 e. The van der Waals surface area contributed by atoms with Gasteiger partial charge in [-0.2, -0.15) is 0 Å². The van der Waals surface area contributed by atoms with Crippen LogP contribution in [0.15, 0.2) is 24.3 Å². The third-order valence-electron chi connectivity index (χ3n) is 3.97. The molecule has 0 unspecified atom stereocenters. The van der Waals surface area contributed by atoms with Crippen LogP contribution in [-0.4, -0.2) is 10.1 Å². The fourth-order valence-corrected chi connectivity index (χ4v) is 2.98. The number of benzene rings is 1. The molecular weight excluding hydrogens is 222 g/mol. The molecule has 3 rings (SSSR count). The van der Waals surface area contributed by atoms with E-state index in [1.807, 2.05) is 6.07 Å². The van der Waals surface area contributed by atoms with E-state index in [0.717, 1.165) is 29.4 Å². The van der Waals surface area contributed by atoms with E-state index in [4.69, 9.17) is 0 Å². The minimum absolute atomic E-state index is 0.375. The average Bonchev–Trinajstić information content (AvgIpc) is 2.39. The zero-order chi connectivity index (χ0) is 12.5. The lowest BCUT2D eigenvalue weighted by Gasteiger charge is -2.22. The molecule has 1 aliphatic carbocycles. The van der Waals surface area contributed by atoms with Gasteiger partial charge < -0.3 is 5.11 Å². The van der Waals surface area contributed by atoms with Gasteiger partial charge in [0.1, 0.15) is 5.75 Å². The summed E-state index contributed by atoms with van der Waals surface area (Å²) in [4.78, 5) is 4.69. The second kappa shape index (κ2) is 4.60. The molecule has 2 aromatic rings. The Labute approximate surface area is 108 Å². The van der Waals surface area contributed by atoms with Crippen molar-refractivity contribution in [3.05, 3.63) is 35.5 Å². The summed E-state index contributed by atoms with van der Waals surface area (Å²) in [5.74, 6) is 0.824. The van der Waals surface area contributed by atoms with E-state index in [1.165, 1.54) is 24.8 Å². The van der Waals surface area contributed by atoms with Crippen LogP contribution in [0.5, 0.6) is 5.75 Å². The summed E-state index contributed by atoms with van der Waals surface area (Å²) in [6, 6.07) is 8.08. The highest BCUT2D eigenvalue weighted by Gasteiger charge is 2.20. The topological polar surface area (TPSA) is 33.1 Å². The van der Waals surface area contributed by atoms with Gasteiger partial charge in [-0.3, -0.25) is 0 Å². The largest absolute Gasteiger partial charge is 0.506 e. The van der Waals surface area contributed by atoms with E-state index >= 15 is 0 Å². The molecule has 1 aromatic heterocycles. The van der Waals surface area contributed by atoms with Gasteiger partial charge in [0.05, 0.1) is 11.2 Å². The minimum atomic E-state index is 0.375. The molecule has 1 aromatic carbocycles. The van der Waals surface area contributed by atoms with Crippen molar-refractivity contribution in [2.45, 2.75) is 44.9 Å². The third kappa shape index (κ3) is 2.07. The summed E-state index contributed by atoms with van der Waals surface area (Å²) in [6.45, 7) is 2.06. The Morgan fingerprint density at radius 1 is 1.11 bits per heavy atom. The first kappa shape index (κ1) is 11.5. The van der Waals surface area contributed by atoms with Crippen LogP contribution in [0.4, 0.5) is 0 Å². The van der Waals surface area contributed by atoms with Gasteiger partial charge in [0.25, 0.3) is 0 Å². The molecule has 0 bridgehead atoms. The van der Waals surface area contributed by atoms with Gasteiger partial charge in [0.15, 0.2) is 0 Å². The molecule has 0 spiro atoms. The Morgan fingerprint density at radius 2 is 1.89 bits per heavy atom. The highest BCUT2D eigenvalue weighted by atomic mass is 16.3. The average molecular weight is 241 g/mol. The monoisotopic (exact) mass is 241 g/mol. The van der Waals surface area contributed by atoms with Crippen molar-refractivity contribution in [1.29, 1.82) is 0 Å². The lowest BCUT2D eigenvalue weighted by molar-refractivity contribution is 0.407. The van der Waals surface area contributed by atoms with Crippen molar-refractivity contribution < 1.29 is 5.11 Å². The van der Waals surface area contributed by atoms with Crippen LogP contribution in [0, 0.1) is 6.92 Å². The molecule has 0 atom stereocenters. The summed E-state index contributed by atoms with van der Waals surface area (Å²) >= 11 is 0. The smallest absolute Gasteiger partial charge is 0.138 e. The summed E-state index contributed by atoms with van der Waals surface area (Å²) in [6.07, 6.45) is 6.18. The number of hydrogen-bond donors (Lipinski definition) is 1. The van der Waals surface area contributed by atoms with E-state index < -0.39 is 0 Å². The molecule has 18 heavy (non-hydrogen) atoms. The number of aromatic nitrogens is 1. The van der Waals surface area contributed by atoms with Crippen LogP contribution in [0.3, 0.4) is 0 Å². The lowest BCUT2D eigenvalue weighted by atomic mass is 9.86. The van der Waals surface area contributed by atoms with Gasteiger partial charge in [0, 0.05) is 11.3 Å². The lowest BCUT2D eigenvalue weighted by Crippen LogP contribution is -2.06. The highest BCUT2D eigenvalue weighted by molar-refractivity contribution is 5.81. The van der Waals surface area contributed by atoms with Gasteiger partial charge in [-0.15, -0.1) is 0 Å². The Morgan fingerprint density at radius 3 is 2.67 bits per heavy atom. The van der Waals surface area contributed by atoms with Crippen LogP contribution in [0.1, 0.15) is 49.3 Å². The van der Waals surface area contributed by atoms with Crippen molar-refractivity contribution in [2.24, 2.45) is 0 Å². The van der Waals surface area contributed by atoms with Crippen LogP contribution in [0.25, 0.3) is 10.9 Å². The third-order valence-corrected chi connectivity index (χ3v) is 3.97. The van der Waals surface area contributed by atoms with Gasteiger partial charge in [0.2, 0.25) is 0 Å². The van der Waals surface area contributed by atoms with Gasteiger partial charge in [-0.25, -0.2) is 4.98 Å². The number of hydrogen-bond acceptors (Lipinski definition) is 2. The van der Waals surface area contributed by atoms with Crippen LogP contribution >= 0.6 is 0 Å². The Bertz CT molecular complexity index is 571. The number of pyridine rings is 1. The van der Waals surface area contributed by atoms with Crippen molar-refractivity contribution in [3.63, 3.8) is 0 Å². The molecule has 2 heteroatoms. The number of nitrogens with zero attached hydrogens (tertiary/aromatic N) is 1. The van der Waals surface area contributed by atoms with Crippen molar-refractivity contribution >= 4 is 10.9 Å². The van der Waals surface area contributed by atoms with E-state index in [9.17, 15) is 5.11 Å². The summed E-state index contributed by atoms with van der Waals surface area (Å²) in [5, 5.41) is 11.2. The fourth-order valence-electron chi connectivity index (χ4n) is 2.98. The molecule has 2 nitrogen and oxygen atoms in total. The fraction of sp³-hybridized carbons (Fsp3) is 0.438. The number of aryl methyl sites for hydroxylation is 1. The molecule has 1 fully saturated rings. The first-order valence-electron chi connectivity index (χ1n) is 6.84. The predicted molar refractivity (Wildman–Crippen MR) is 74.0 cm³/mol. The SMILES string of the molecule is Cc1ccc2nc(C3CCCCC3)c(O)cc2c1. The van der Waals surface area contributed by atoms with Gasteiger partial charge in [-0.1, -0.05) is 30.9 Å². The van der Waals surface area contributed by atoms with Gasteiger partial charge in [-0.05, 0) is 38.0 Å². The first-order chi connectivity index (χ1) is 8.74. The zero-order valence-corrected chi connectivity index (χ0v) is 10.8. The van der Waals surface area contributed by atoms with E-state index in [1.54, 1.807) is 0 Å². The summed E-state index contributed by atoms with van der Waals surface area (Å²) in [7, 11) is 0. The zero-order valence-electron chi connectivity index (χ0n) is 10.8. The molecule has 1 saturated carbocycles. The van der Waals surface area contributed by atoms with Crippen LogP contribution in [-0.2, 0) is 0 Å². The maximum atomic E-state index is 10.2. The molecule has 1 N–H and O–H groups in total. The molecule has 0 radical (unpaired) electrons. The number of rotatable bonds is 1. The molecular formula is C16H19NO. The highest BCUT2D eigenvalue weighted by Crippen LogP contribution is 2.37. The molecule has 94 valence electrons. The van der Waals surface area contributed by atoms with Crippen molar-refractivity contribution in [1.82, 2.24) is 4.98 Å². The molecule has 1 heterocycles. The van der Waals surface area contributed by atoms with E-state index in [2.05, 4.69) is 30.1 Å². The predicted octanol–water partition coefficient (Wildman–Crippen LogP) is 4.30. The quantitative estimate of drug-likeness (QED) is 0.807. The van der Waals surface area contributed by atoms with Crippen molar-refractivity contribution in [2.75, 3.05) is 0 Å². The number of fused-ring (bicyclic) bond motifs is 1. The normalized spacial score (nSPS) is 17.2. The number of aromatic hydroxyl groups is 1. The van der Waals surface area contributed by atoms with Crippen LogP contribution < -0.4 is 0 Å². The second-order valence-electron chi connectivity index (χ2n) is 5.42. The van der Waals surface area contributed by atoms with Crippen LogP contribution in [0.2, 0.25) is 0 Å². The van der Waals surface area contributed by atoms with Crippen molar-refractivity contribution in [3.8, 4) is 5.75 Å². The Balaban J connectivity index is 2.06. The molecule has 1 aliphatic rings. The maximum Gasteiger partial charge on any atom is 0.138 e. The summed E-state index contributed by atoms with van der Waals surface area (Å²) < 4.78 is 0. The first-order valence-corrected chi connectivity index (χ1v) is 6.84.